The lowest BCUT2D eigenvalue weighted by atomic mass is 10.2. The molecule has 5 heteroatoms. The average molecular weight is 238 g/mol. The third kappa shape index (κ3) is 1.55. The molecule has 0 aliphatic rings. The molecule has 1 N–H and O–H groups in total. The van der Waals surface area contributed by atoms with Gasteiger partial charge in [-0.15, -0.1) is 0 Å². The van der Waals surface area contributed by atoms with Gasteiger partial charge in [0.05, 0.1) is 21.6 Å². The summed E-state index contributed by atoms with van der Waals surface area (Å²) < 4.78 is 1.51. The van der Waals surface area contributed by atoms with Crippen molar-refractivity contribution in [2.24, 2.45) is 7.05 Å². The first-order chi connectivity index (χ1) is 7.54. The van der Waals surface area contributed by atoms with Crippen LogP contribution in [0, 0.1) is 6.92 Å². The molecule has 0 saturated heterocycles. The van der Waals surface area contributed by atoms with Crippen molar-refractivity contribution in [3.05, 3.63) is 33.3 Å². The third-order valence-electron chi connectivity index (χ3n) is 2.66. The van der Waals surface area contributed by atoms with Crippen molar-refractivity contribution < 1.29 is 0 Å². The van der Waals surface area contributed by atoms with E-state index in [1.165, 1.54) is 4.57 Å². The number of nitrogens with zero attached hydrogens (tertiary/aromatic N) is 2. The number of hydrogen-bond acceptors (Lipinski definition) is 3. The normalized spacial score (nSPS) is 10.8. The van der Waals surface area contributed by atoms with Crippen LogP contribution in [0.15, 0.2) is 16.9 Å². The number of anilines is 1. The highest BCUT2D eigenvalue weighted by Gasteiger charge is 2.08. The minimum Gasteiger partial charge on any atom is -0.387 e. The summed E-state index contributed by atoms with van der Waals surface area (Å²) in [5, 5.41) is 4.02. The fraction of sp³-hybridized carbons (Fsp3) is 0.273. The van der Waals surface area contributed by atoms with Crippen LogP contribution in [0.4, 0.5) is 5.69 Å². The summed E-state index contributed by atoms with van der Waals surface area (Å²) in [5.74, 6) is 0.682. The van der Waals surface area contributed by atoms with Gasteiger partial charge in [0.25, 0.3) is 5.56 Å². The Hall–Kier alpha value is -1.55. The molecule has 2 rings (SSSR count). The van der Waals surface area contributed by atoms with Gasteiger partial charge in [0.15, 0.2) is 0 Å². The molecular formula is C11H12ClN3O. The molecule has 0 fully saturated rings. The number of aromatic nitrogens is 2. The number of nitrogens with one attached hydrogen (secondary N) is 1. The van der Waals surface area contributed by atoms with E-state index in [0.29, 0.717) is 21.7 Å². The van der Waals surface area contributed by atoms with Crippen molar-refractivity contribution in [1.29, 1.82) is 0 Å². The van der Waals surface area contributed by atoms with Crippen LogP contribution in [-0.2, 0) is 7.05 Å². The molecule has 1 aromatic heterocycles. The molecule has 1 heterocycles. The van der Waals surface area contributed by atoms with Crippen LogP contribution in [0.5, 0.6) is 0 Å². The quantitative estimate of drug-likeness (QED) is 0.825. The third-order valence-corrected chi connectivity index (χ3v) is 2.97. The van der Waals surface area contributed by atoms with E-state index in [9.17, 15) is 4.79 Å². The Kier molecular flexibility index (Phi) is 2.59. The fourth-order valence-electron chi connectivity index (χ4n) is 1.59. The number of hydrogen-bond donors (Lipinski definition) is 1. The van der Waals surface area contributed by atoms with Crippen molar-refractivity contribution in [2.45, 2.75) is 6.92 Å². The molecule has 0 radical (unpaired) electrons. The SMILES string of the molecule is CNc1cc2nc(C)n(C)c(=O)c2cc1Cl. The Bertz CT molecular complexity index is 619. The van der Waals surface area contributed by atoms with E-state index < -0.39 is 0 Å². The van der Waals surface area contributed by atoms with Gasteiger partial charge in [-0.1, -0.05) is 11.6 Å². The molecular weight excluding hydrogens is 226 g/mol. The second kappa shape index (κ2) is 3.79. The summed E-state index contributed by atoms with van der Waals surface area (Å²) in [4.78, 5) is 16.3. The summed E-state index contributed by atoms with van der Waals surface area (Å²) in [6.07, 6.45) is 0. The molecule has 0 aliphatic carbocycles. The lowest BCUT2D eigenvalue weighted by molar-refractivity contribution is 0.792. The zero-order valence-electron chi connectivity index (χ0n) is 9.34. The Labute approximate surface area is 97.9 Å². The molecule has 0 spiro atoms. The highest BCUT2D eigenvalue weighted by molar-refractivity contribution is 6.34. The fourth-order valence-corrected chi connectivity index (χ4v) is 1.85. The largest absolute Gasteiger partial charge is 0.387 e. The van der Waals surface area contributed by atoms with Gasteiger partial charge in [0, 0.05) is 14.1 Å². The van der Waals surface area contributed by atoms with E-state index in [2.05, 4.69) is 10.3 Å². The van der Waals surface area contributed by atoms with Crippen LogP contribution >= 0.6 is 11.6 Å². The standard InChI is InChI=1S/C11H12ClN3O/c1-6-14-9-5-10(13-2)8(12)4-7(9)11(16)15(6)3/h4-5,13H,1-3H3. The molecule has 1 aromatic carbocycles. The van der Waals surface area contributed by atoms with Gasteiger partial charge < -0.3 is 5.32 Å². The number of aryl methyl sites for hydroxylation is 1. The molecule has 0 unspecified atom stereocenters. The van der Waals surface area contributed by atoms with Crippen LogP contribution in [-0.4, -0.2) is 16.6 Å². The van der Waals surface area contributed by atoms with Crippen LogP contribution in [0.2, 0.25) is 5.02 Å². The summed E-state index contributed by atoms with van der Waals surface area (Å²) in [5.41, 5.74) is 1.36. The molecule has 2 aromatic rings. The molecule has 16 heavy (non-hydrogen) atoms. The molecule has 0 bridgehead atoms. The second-order valence-electron chi connectivity index (χ2n) is 3.62. The van der Waals surface area contributed by atoms with Crippen molar-refractivity contribution in [1.82, 2.24) is 9.55 Å². The van der Waals surface area contributed by atoms with Gasteiger partial charge in [-0.05, 0) is 19.1 Å². The van der Waals surface area contributed by atoms with Gasteiger partial charge in [0.1, 0.15) is 5.82 Å². The van der Waals surface area contributed by atoms with Gasteiger partial charge in [-0.3, -0.25) is 9.36 Å². The summed E-state index contributed by atoms with van der Waals surface area (Å²) in [6.45, 7) is 1.80. The molecule has 0 amide bonds. The number of rotatable bonds is 1. The number of halogens is 1. The maximum absolute atomic E-state index is 11.9. The van der Waals surface area contributed by atoms with E-state index in [4.69, 9.17) is 11.6 Å². The molecule has 0 saturated carbocycles. The average Bonchev–Trinajstić information content (AvgIpc) is 2.27. The van der Waals surface area contributed by atoms with Crippen molar-refractivity contribution in [3.8, 4) is 0 Å². The van der Waals surface area contributed by atoms with Crippen LogP contribution in [0.3, 0.4) is 0 Å². The Balaban J connectivity index is 2.92. The van der Waals surface area contributed by atoms with E-state index in [0.717, 1.165) is 5.69 Å². The van der Waals surface area contributed by atoms with Gasteiger partial charge >= 0.3 is 0 Å². The molecule has 0 aliphatic heterocycles. The minimum absolute atomic E-state index is 0.0768. The summed E-state index contributed by atoms with van der Waals surface area (Å²) in [6, 6.07) is 3.43. The lowest BCUT2D eigenvalue weighted by Crippen LogP contribution is -2.20. The monoisotopic (exact) mass is 237 g/mol. The highest BCUT2D eigenvalue weighted by Crippen LogP contribution is 2.25. The highest BCUT2D eigenvalue weighted by atomic mass is 35.5. The predicted molar refractivity (Wildman–Crippen MR) is 66.3 cm³/mol. The van der Waals surface area contributed by atoms with Crippen LogP contribution < -0.4 is 10.9 Å². The maximum atomic E-state index is 11.9. The Morgan fingerprint density at radius 3 is 2.75 bits per heavy atom. The van der Waals surface area contributed by atoms with E-state index in [-0.39, 0.29) is 5.56 Å². The minimum atomic E-state index is -0.0768. The first-order valence-electron chi connectivity index (χ1n) is 4.89. The van der Waals surface area contributed by atoms with Crippen LogP contribution in [0.1, 0.15) is 5.82 Å². The Morgan fingerprint density at radius 2 is 2.12 bits per heavy atom. The topological polar surface area (TPSA) is 46.9 Å². The van der Waals surface area contributed by atoms with Crippen molar-refractivity contribution >= 4 is 28.2 Å². The zero-order valence-corrected chi connectivity index (χ0v) is 10.1. The smallest absolute Gasteiger partial charge is 0.261 e. The first kappa shape index (κ1) is 11.0. The maximum Gasteiger partial charge on any atom is 0.261 e. The van der Waals surface area contributed by atoms with Crippen molar-refractivity contribution in [3.63, 3.8) is 0 Å². The van der Waals surface area contributed by atoms with Gasteiger partial charge in [-0.2, -0.15) is 0 Å². The van der Waals surface area contributed by atoms with Gasteiger partial charge in [-0.25, -0.2) is 4.98 Å². The number of benzene rings is 1. The molecule has 4 nitrogen and oxygen atoms in total. The predicted octanol–water partition coefficient (Wildman–Crippen LogP) is 1.94. The molecule has 0 atom stereocenters. The lowest BCUT2D eigenvalue weighted by Gasteiger charge is -2.08. The Morgan fingerprint density at radius 1 is 1.44 bits per heavy atom. The zero-order chi connectivity index (χ0) is 11.9. The van der Waals surface area contributed by atoms with Gasteiger partial charge in [0.2, 0.25) is 0 Å². The van der Waals surface area contributed by atoms with E-state index >= 15 is 0 Å². The second-order valence-corrected chi connectivity index (χ2v) is 4.03. The molecule has 84 valence electrons. The summed E-state index contributed by atoms with van der Waals surface area (Å²) in [7, 11) is 3.48. The van der Waals surface area contributed by atoms with E-state index in [1.807, 2.05) is 0 Å². The van der Waals surface area contributed by atoms with Crippen LogP contribution in [0.25, 0.3) is 10.9 Å². The number of fused-ring (bicyclic) bond motifs is 1. The van der Waals surface area contributed by atoms with E-state index in [1.54, 1.807) is 33.2 Å². The summed E-state index contributed by atoms with van der Waals surface area (Å²) >= 11 is 6.03. The van der Waals surface area contributed by atoms with Crippen molar-refractivity contribution in [2.75, 3.05) is 12.4 Å². The first-order valence-corrected chi connectivity index (χ1v) is 5.27.